The third kappa shape index (κ3) is 5.92. The van der Waals surface area contributed by atoms with Gasteiger partial charge >= 0.3 is 0 Å². The number of ether oxygens (including phenoxy) is 1. The molecule has 0 aliphatic carbocycles. The molecule has 1 aliphatic rings. The summed E-state index contributed by atoms with van der Waals surface area (Å²) in [5, 5.41) is 6.81. The van der Waals surface area contributed by atoms with Crippen molar-refractivity contribution in [3.8, 4) is 5.75 Å². The number of aliphatic imine (C=N–C) groups is 1. The number of hydrogen-bond acceptors (Lipinski definition) is 3. The van der Waals surface area contributed by atoms with E-state index in [1.54, 1.807) is 7.11 Å². The molecule has 1 unspecified atom stereocenters. The Bertz CT molecular complexity index is 559. The lowest BCUT2D eigenvalue weighted by Gasteiger charge is -2.21. The maximum atomic E-state index is 5.41. The van der Waals surface area contributed by atoms with Crippen LogP contribution in [0.15, 0.2) is 23.2 Å². The number of nitrogens with zero attached hydrogens (tertiary/aromatic N) is 2. The highest BCUT2D eigenvalue weighted by Crippen LogP contribution is 2.19. The van der Waals surface area contributed by atoms with Crippen LogP contribution < -0.4 is 15.4 Å². The Labute approximate surface area is 152 Å². The van der Waals surface area contributed by atoms with Gasteiger partial charge in [-0.05, 0) is 63.4 Å². The van der Waals surface area contributed by atoms with E-state index in [4.69, 9.17) is 9.73 Å². The van der Waals surface area contributed by atoms with Gasteiger partial charge in [0.15, 0.2) is 5.96 Å². The Morgan fingerprint density at radius 1 is 1.32 bits per heavy atom. The number of likely N-dealkylation sites (tertiary alicyclic amines) is 1. The Balaban J connectivity index is 1.85. The minimum absolute atomic E-state index is 0.599. The van der Waals surface area contributed by atoms with Gasteiger partial charge in [0.25, 0.3) is 0 Å². The van der Waals surface area contributed by atoms with Crippen LogP contribution in [0.4, 0.5) is 0 Å². The molecule has 0 bridgehead atoms. The van der Waals surface area contributed by atoms with Gasteiger partial charge in [0.1, 0.15) is 5.75 Å². The summed E-state index contributed by atoms with van der Waals surface area (Å²) in [6.07, 6.45) is 3.51. The van der Waals surface area contributed by atoms with E-state index in [2.05, 4.69) is 54.5 Å². The highest BCUT2D eigenvalue weighted by Gasteiger charge is 2.22. The molecule has 140 valence electrons. The highest BCUT2D eigenvalue weighted by atomic mass is 16.5. The molecule has 1 fully saturated rings. The molecular formula is C20H34N4O. The predicted molar refractivity (Wildman–Crippen MR) is 106 cm³/mol. The van der Waals surface area contributed by atoms with Crippen molar-refractivity contribution in [1.29, 1.82) is 0 Å². The third-order valence-electron chi connectivity index (χ3n) is 4.89. The van der Waals surface area contributed by atoms with Crippen molar-refractivity contribution < 1.29 is 4.74 Å². The van der Waals surface area contributed by atoms with Crippen LogP contribution in [0, 0.1) is 6.92 Å². The smallest absolute Gasteiger partial charge is 0.191 e. The Kier molecular flexibility index (Phi) is 8.06. The average molecular weight is 347 g/mol. The van der Waals surface area contributed by atoms with Crippen molar-refractivity contribution >= 4 is 5.96 Å². The van der Waals surface area contributed by atoms with Gasteiger partial charge in [-0.3, -0.25) is 9.89 Å². The largest absolute Gasteiger partial charge is 0.496 e. The number of hydrogen-bond donors (Lipinski definition) is 2. The number of nitrogens with one attached hydrogen (secondary N) is 2. The monoisotopic (exact) mass is 346 g/mol. The molecule has 5 nitrogen and oxygen atoms in total. The van der Waals surface area contributed by atoms with Crippen LogP contribution in [0.3, 0.4) is 0 Å². The van der Waals surface area contributed by atoms with Crippen molar-refractivity contribution in [3.63, 3.8) is 0 Å². The first-order valence-electron chi connectivity index (χ1n) is 9.57. The second-order valence-corrected chi connectivity index (χ2v) is 6.63. The van der Waals surface area contributed by atoms with E-state index in [1.165, 1.54) is 30.5 Å². The zero-order valence-electron chi connectivity index (χ0n) is 16.3. The lowest BCUT2D eigenvalue weighted by Crippen LogP contribution is -2.40. The van der Waals surface area contributed by atoms with Crippen LogP contribution in [-0.4, -0.2) is 56.7 Å². The van der Waals surface area contributed by atoms with E-state index >= 15 is 0 Å². The summed E-state index contributed by atoms with van der Waals surface area (Å²) in [5.41, 5.74) is 2.45. The molecule has 0 spiro atoms. The summed E-state index contributed by atoms with van der Waals surface area (Å²) < 4.78 is 5.41. The zero-order valence-corrected chi connectivity index (χ0v) is 16.3. The second-order valence-electron chi connectivity index (χ2n) is 6.63. The molecule has 2 N–H and O–H groups in total. The standard InChI is InChI=1S/C20H34N4O/c1-5-21-20(23-15-18-8-7-13-24(18)6-2)22-12-11-17-10-9-16(3)19(14-17)25-4/h9-10,14,18H,5-8,11-13,15H2,1-4H3,(H2,21,22,23). The molecule has 25 heavy (non-hydrogen) atoms. The fourth-order valence-electron chi connectivity index (χ4n) is 3.40. The molecule has 1 aliphatic heterocycles. The normalized spacial score (nSPS) is 18.4. The SMILES string of the molecule is CCNC(=NCC1CCCN1CC)NCCc1ccc(C)c(OC)c1. The van der Waals surface area contributed by atoms with E-state index in [9.17, 15) is 0 Å². The first-order chi connectivity index (χ1) is 12.2. The lowest BCUT2D eigenvalue weighted by molar-refractivity contribution is 0.273. The van der Waals surface area contributed by atoms with Crippen molar-refractivity contribution in [1.82, 2.24) is 15.5 Å². The van der Waals surface area contributed by atoms with Gasteiger partial charge in [0.2, 0.25) is 0 Å². The van der Waals surface area contributed by atoms with Crippen LogP contribution >= 0.6 is 0 Å². The van der Waals surface area contributed by atoms with Crippen LogP contribution in [0.5, 0.6) is 5.75 Å². The Morgan fingerprint density at radius 2 is 2.16 bits per heavy atom. The topological polar surface area (TPSA) is 48.9 Å². The minimum atomic E-state index is 0.599. The van der Waals surface area contributed by atoms with E-state index in [0.717, 1.165) is 44.3 Å². The van der Waals surface area contributed by atoms with E-state index < -0.39 is 0 Å². The Hall–Kier alpha value is -1.75. The fourth-order valence-corrected chi connectivity index (χ4v) is 3.40. The molecule has 1 aromatic carbocycles. The number of methoxy groups -OCH3 is 1. The average Bonchev–Trinajstić information content (AvgIpc) is 3.08. The fraction of sp³-hybridized carbons (Fsp3) is 0.650. The maximum absolute atomic E-state index is 5.41. The first kappa shape index (κ1) is 19.6. The predicted octanol–water partition coefficient (Wildman–Crippen LogP) is 2.59. The lowest BCUT2D eigenvalue weighted by atomic mass is 10.1. The molecule has 1 aromatic rings. The molecule has 1 atom stereocenters. The summed E-state index contributed by atoms with van der Waals surface area (Å²) in [4.78, 5) is 7.33. The molecule has 0 radical (unpaired) electrons. The van der Waals surface area contributed by atoms with Gasteiger partial charge in [0, 0.05) is 19.1 Å². The highest BCUT2D eigenvalue weighted by molar-refractivity contribution is 5.79. The summed E-state index contributed by atoms with van der Waals surface area (Å²) in [5.74, 6) is 1.88. The van der Waals surface area contributed by atoms with E-state index in [-0.39, 0.29) is 0 Å². The summed E-state index contributed by atoms with van der Waals surface area (Å²) >= 11 is 0. The van der Waals surface area contributed by atoms with Crippen molar-refractivity contribution in [3.05, 3.63) is 29.3 Å². The van der Waals surface area contributed by atoms with Crippen molar-refractivity contribution in [2.45, 2.75) is 46.1 Å². The van der Waals surface area contributed by atoms with Gasteiger partial charge in [-0.15, -0.1) is 0 Å². The van der Waals surface area contributed by atoms with Gasteiger partial charge in [0.05, 0.1) is 13.7 Å². The van der Waals surface area contributed by atoms with Gasteiger partial charge < -0.3 is 15.4 Å². The number of aryl methyl sites for hydroxylation is 1. The van der Waals surface area contributed by atoms with Gasteiger partial charge in [-0.1, -0.05) is 19.1 Å². The second kappa shape index (κ2) is 10.3. The maximum Gasteiger partial charge on any atom is 0.191 e. The van der Waals surface area contributed by atoms with E-state index in [1.807, 2.05) is 0 Å². The molecule has 0 saturated carbocycles. The number of benzene rings is 1. The quantitative estimate of drug-likeness (QED) is 0.561. The molecule has 0 amide bonds. The Morgan fingerprint density at radius 3 is 2.88 bits per heavy atom. The summed E-state index contributed by atoms with van der Waals surface area (Å²) in [7, 11) is 1.73. The molecule has 0 aromatic heterocycles. The van der Waals surface area contributed by atoms with Gasteiger partial charge in [-0.2, -0.15) is 0 Å². The minimum Gasteiger partial charge on any atom is -0.496 e. The van der Waals surface area contributed by atoms with Crippen molar-refractivity contribution in [2.75, 3.05) is 39.8 Å². The zero-order chi connectivity index (χ0) is 18.1. The molecule has 2 rings (SSSR count). The number of likely N-dealkylation sites (N-methyl/N-ethyl adjacent to an activating group) is 1. The summed E-state index contributed by atoms with van der Waals surface area (Å²) in [6, 6.07) is 7.01. The molecule has 1 heterocycles. The van der Waals surface area contributed by atoms with E-state index in [0.29, 0.717) is 6.04 Å². The first-order valence-corrected chi connectivity index (χ1v) is 9.57. The number of guanidine groups is 1. The summed E-state index contributed by atoms with van der Waals surface area (Å²) in [6.45, 7) is 11.4. The van der Waals surface area contributed by atoms with Gasteiger partial charge in [-0.25, -0.2) is 0 Å². The van der Waals surface area contributed by atoms with Crippen LogP contribution in [-0.2, 0) is 6.42 Å². The third-order valence-corrected chi connectivity index (χ3v) is 4.89. The number of rotatable bonds is 8. The molecule has 5 heteroatoms. The van der Waals surface area contributed by atoms with Crippen LogP contribution in [0.2, 0.25) is 0 Å². The van der Waals surface area contributed by atoms with Crippen LogP contribution in [0.1, 0.15) is 37.8 Å². The molecule has 1 saturated heterocycles. The van der Waals surface area contributed by atoms with Crippen LogP contribution in [0.25, 0.3) is 0 Å². The van der Waals surface area contributed by atoms with Crippen molar-refractivity contribution in [2.24, 2.45) is 4.99 Å². The molecular weight excluding hydrogens is 312 g/mol.